The smallest absolute Gasteiger partial charge is 0.407 e. The summed E-state index contributed by atoms with van der Waals surface area (Å²) in [4.78, 5) is 47.9. The number of hydrogen-bond donors (Lipinski definition) is 2. The first kappa shape index (κ1) is 26.6. The van der Waals surface area contributed by atoms with Crippen LogP contribution in [0.15, 0.2) is 48.0 Å². The van der Waals surface area contributed by atoms with Gasteiger partial charge in [0.15, 0.2) is 5.13 Å². The standard InChI is InChI=1S/C26H28ClN5O4S/c1-26(2,3)36-25(35)29-17-10-12-32(13-11-17)23(34)16-8-9-20(28-14-16)22(33)31-24-30-21(15-37-24)18-6-4-5-7-19(18)27/h4-9,14-15,17H,10-13H2,1-3H3,(H,29,35)(H,30,31,33). The van der Waals surface area contributed by atoms with Crippen molar-refractivity contribution in [2.75, 3.05) is 18.4 Å². The minimum absolute atomic E-state index is 0.0487. The maximum Gasteiger partial charge on any atom is 0.407 e. The average Bonchev–Trinajstić information content (AvgIpc) is 3.31. The van der Waals surface area contributed by atoms with Crippen LogP contribution in [0.1, 0.15) is 54.5 Å². The van der Waals surface area contributed by atoms with Crippen molar-refractivity contribution in [3.8, 4) is 11.3 Å². The van der Waals surface area contributed by atoms with Gasteiger partial charge in [0.25, 0.3) is 11.8 Å². The Morgan fingerprint density at radius 1 is 1.11 bits per heavy atom. The number of benzene rings is 1. The summed E-state index contributed by atoms with van der Waals surface area (Å²) in [5.74, 6) is -0.590. The molecule has 0 bridgehead atoms. The maximum absolute atomic E-state index is 12.9. The summed E-state index contributed by atoms with van der Waals surface area (Å²) in [5, 5.41) is 8.42. The first-order valence-corrected chi connectivity index (χ1v) is 13.1. The summed E-state index contributed by atoms with van der Waals surface area (Å²) >= 11 is 7.51. The number of ether oxygens (including phenoxy) is 1. The minimum atomic E-state index is -0.559. The number of amides is 3. The summed E-state index contributed by atoms with van der Waals surface area (Å²) in [6.45, 7) is 6.44. The van der Waals surface area contributed by atoms with E-state index in [4.69, 9.17) is 16.3 Å². The van der Waals surface area contributed by atoms with E-state index in [1.165, 1.54) is 23.6 Å². The van der Waals surface area contributed by atoms with Gasteiger partial charge in [-0.15, -0.1) is 11.3 Å². The van der Waals surface area contributed by atoms with E-state index in [1.807, 2.05) is 44.4 Å². The number of likely N-dealkylation sites (tertiary alicyclic amines) is 1. The van der Waals surface area contributed by atoms with Crippen LogP contribution in [0.5, 0.6) is 0 Å². The van der Waals surface area contributed by atoms with Gasteiger partial charge in [0.05, 0.1) is 11.3 Å². The highest BCUT2D eigenvalue weighted by molar-refractivity contribution is 7.14. The van der Waals surface area contributed by atoms with Crippen LogP contribution in [-0.2, 0) is 4.74 Å². The van der Waals surface area contributed by atoms with Crippen molar-refractivity contribution < 1.29 is 19.1 Å². The lowest BCUT2D eigenvalue weighted by Crippen LogP contribution is -2.47. The van der Waals surface area contributed by atoms with Crippen molar-refractivity contribution in [2.24, 2.45) is 0 Å². The highest BCUT2D eigenvalue weighted by Gasteiger charge is 2.26. The summed E-state index contributed by atoms with van der Waals surface area (Å²) in [6.07, 6.45) is 2.21. The zero-order valence-corrected chi connectivity index (χ0v) is 22.4. The van der Waals surface area contributed by atoms with Gasteiger partial charge in [-0.2, -0.15) is 0 Å². The molecule has 0 spiro atoms. The second-order valence-electron chi connectivity index (χ2n) is 9.62. The maximum atomic E-state index is 12.9. The van der Waals surface area contributed by atoms with Gasteiger partial charge in [-0.25, -0.2) is 9.78 Å². The third kappa shape index (κ3) is 7.05. The molecular weight excluding hydrogens is 514 g/mol. The molecular formula is C26H28ClN5O4S. The SMILES string of the molecule is CC(C)(C)OC(=O)NC1CCN(C(=O)c2ccc(C(=O)Nc3nc(-c4ccccc4Cl)cs3)nc2)CC1. The van der Waals surface area contributed by atoms with E-state index < -0.39 is 17.6 Å². The molecule has 37 heavy (non-hydrogen) atoms. The molecule has 1 aromatic carbocycles. The number of halogens is 1. The van der Waals surface area contributed by atoms with Gasteiger partial charge in [-0.3, -0.25) is 19.9 Å². The number of pyridine rings is 1. The molecule has 1 fully saturated rings. The van der Waals surface area contributed by atoms with E-state index in [1.54, 1.807) is 17.0 Å². The quantitative estimate of drug-likeness (QED) is 0.456. The van der Waals surface area contributed by atoms with Gasteiger partial charge in [0.2, 0.25) is 0 Å². The third-order valence-electron chi connectivity index (χ3n) is 5.62. The van der Waals surface area contributed by atoms with Crippen LogP contribution < -0.4 is 10.6 Å². The number of hydrogen-bond acceptors (Lipinski definition) is 7. The van der Waals surface area contributed by atoms with Crippen LogP contribution >= 0.6 is 22.9 Å². The summed E-state index contributed by atoms with van der Waals surface area (Å²) in [6, 6.07) is 10.4. The Balaban J connectivity index is 1.30. The number of nitrogens with zero attached hydrogens (tertiary/aromatic N) is 3. The molecule has 3 amide bonds. The number of nitrogens with one attached hydrogen (secondary N) is 2. The Kier molecular flexibility index (Phi) is 8.09. The van der Waals surface area contributed by atoms with Gasteiger partial charge in [-0.1, -0.05) is 29.8 Å². The lowest BCUT2D eigenvalue weighted by atomic mass is 10.0. The molecule has 0 aliphatic carbocycles. The molecule has 1 aliphatic rings. The number of aromatic nitrogens is 2. The molecule has 9 nitrogen and oxygen atoms in total. The molecule has 0 atom stereocenters. The fourth-order valence-corrected chi connectivity index (χ4v) is 4.76. The average molecular weight is 542 g/mol. The molecule has 0 unspecified atom stereocenters. The number of piperidine rings is 1. The molecule has 1 saturated heterocycles. The van der Waals surface area contributed by atoms with E-state index in [-0.39, 0.29) is 17.6 Å². The van der Waals surface area contributed by atoms with Gasteiger partial charge < -0.3 is 15.0 Å². The predicted octanol–water partition coefficient (Wildman–Crippen LogP) is 5.24. The normalized spacial score (nSPS) is 14.2. The van der Waals surface area contributed by atoms with Crippen molar-refractivity contribution in [1.29, 1.82) is 0 Å². The molecule has 4 rings (SSSR count). The molecule has 0 saturated carbocycles. The number of thiazole rings is 1. The van der Waals surface area contributed by atoms with Crippen molar-refractivity contribution in [1.82, 2.24) is 20.2 Å². The number of alkyl carbamates (subject to hydrolysis) is 1. The highest BCUT2D eigenvalue weighted by atomic mass is 35.5. The lowest BCUT2D eigenvalue weighted by molar-refractivity contribution is 0.0473. The Morgan fingerprint density at radius 2 is 1.84 bits per heavy atom. The molecule has 11 heteroatoms. The minimum Gasteiger partial charge on any atom is -0.444 e. The fourth-order valence-electron chi connectivity index (χ4n) is 3.82. The molecule has 3 aromatic rings. The van der Waals surface area contributed by atoms with Crippen LogP contribution in [0.3, 0.4) is 0 Å². The molecule has 3 heterocycles. The van der Waals surface area contributed by atoms with Gasteiger partial charge in [0, 0.05) is 41.3 Å². The van der Waals surface area contributed by atoms with E-state index >= 15 is 0 Å². The number of rotatable bonds is 5. The van der Waals surface area contributed by atoms with Crippen LogP contribution in [-0.4, -0.2) is 57.5 Å². The first-order valence-electron chi connectivity index (χ1n) is 11.9. The predicted molar refractivity (Wildman–Crippen MR) is 143 cm³/mol. The Morgan fingerprint density at radius 3 is 2.49 bits per heavy atom. The van der Waals surface area contributed by atoms with Crippen molar-refractivity contribution in [3.05, 3.63) is 64.3 Å². The van der Waals surface area contributed by atoms with Crippen LogP contribution in [0.25, 0.3) is 11.3 Å². The molecule has 194 valence electrons. The van der Waals surface area contributed by atoms with E-state index in [0.717, 1.165) is 5.56 Å². The molecule has 0 radical (unpaired) electrons. The van der Waals surface area contributed by atoms with Gasteiger partial charge in [-0.05, 0) is 51.8 Å². The van der Waals surface area contributed by atoms with Crippen molar-refractivity contribution in [3.63, 3.8) is 0 Å². The lowest BCUT2D eigenvalue weighted by Gasteiger charge is -2.32. The van der Waals surface area contributed by atoms with E-state index in [0.29, 0.717) is 47.3 Å². The number of carbonyl (C=O) groups excluding carboxylic acids is 3. The van der Waals surface area contributed by atoms with Crippen LogP contribution in [0, 0.1) is 0 Å². The topological polar surface area (TPSA) is 114 Å². The summed E-state index contributed by atoms with van der Waals surface area (Å²) < 4.78 is 5.30. The zero-order chi connectivity index (χ0) is 26.6. The van der Waals surface area contributed by atoms with Crippen LogP contribution in [0.2, 0.25) is 5.02 Å². The van der Waals surface area contributed by atoms with Crippen molar-refractivity contribution in [2.45, 2.75) is 45.3 Å². The molecule has 1 aliphatic heterocycles. The van der Waals surface area contributed by atoms with E-state index in [9.17, 15) is 14.4 Å². The van der Waals surface area contributed by atoms with E-state index in [2.05, 4.69) is 20.6 Å². The molecule has 2 aromatic heterocycles. The van der Waals surface area contributed by atoms with Crippen LogP contribution in [0.4, 0.5) is 9.93 Å². The Labute approximate surface area is 224 Å². The van der Waals surface area contributed by atoms with Crippen molar-refractivity contribution >= 4 is 46.0 Å². The summed E-state index contributed by atoms with van der Waals surface area (Å²) in [7, 11) is 0. The second kappa shape index (κ2) is 11.3. The Bertz CT molecular complexity index is 1280. The number of carbonyl (C=O) groups is 3. The Hall–Kier alpha value is -3.50. The first-order chi connectivity index (χ1) is 17.6. The second-order valence-corrected chi connectivity index (χ2v) is 10.9. The van der Waals surface area contributed by atoms with Gasteiger partial charge >= 0.3 is 6.09 Å². The fraction of sp³-hybridized carbons (Fsp3) is 0.346. The highest BCUT2D eigenvalue weighted by Crippen LogP contribution is 2.30. The largest absolute Gasteiger partial charge is 0.444 e. The summed E-state index contributed by atoms with van der Waals surface area (Å²) in [5.41, 5.74) is 1.46. The zero-order valence-electron chi connectivity index (χ0n) is 20.8. The third-order valence-corrected chi connectivity index (χ3v) is 6.71. The monoisotopic (exact) mass is 541 g/mol. The molecule has 2 N–H and O–H groups in total. The van der Waals surface area contributed by atoms with Gasteiger partial charge in [0.1, 0.15) is 11.3 Å². The number of anilines is 1.